The van der Waals surface area contributed by atoms with Crippen LogP contribution in [0.4, 0.5) is 4.39 Å². The second kappa shape index (κ2) is 7.45. The number of esters is 1. The molecule has 2 aliphatic rings. The van der Waals surface area contributed by atoms with E-state index in [2.05, 4.69) is 11.6 Å². The van der Waals surface area contributed by atoms with Crippen LogP contribution in [0.1, 0.15) is 31.9 Å². The van der Waals surface area contributed by atoms with Gasteiger partial charge in [0, 0.05) is 0 Å². The summed E-state index contributed by atoms with van der Waals surface area (Å²) in [6, 6.07) is 5.10. The highest BCUT2D eigenvalue weighted by Crippen LogP contribution is 2.43. The number of allylic oxidation sites excluding steroid dienone is 1. The Bertz CT molecular complexity index is 817. The summed E-state index contributed by atoms with van der Waals surface area (Å²) in [6.07, 6.45) is 2.13. The summed E-state index contributed by atoms with van der Waals surface area (Å²) in [5, 5.41) is 0.321. The SMILES string of the molecule is C=CCOC(=O)C1=C(C)N=C2S[C@@H](CC)C(=O)N2[C@@H]1c1ccc(F)cc1. The number of hydrogen-bond donors (Lipinski definition) is 0. The van der Waals surface area contributed by atoms with Crippen molar-refractivity contribution in [3.8, 4) is 0 Å². The molecule has 0 unspecified atom stereocenters. The molecule has 0 spiro atoms. The first-order valence-corrected chi connectivity index (χ1v) is 9.18. The molecule has 0 bridgehead atoms. The topological polar surface area (TPSA) is 59.0 Å². The number of hydrogen-bond acceptors (Lipinski definition) is 5. The zero-order valence-electron chi connectivity index (χ0n) is 14.6. The molecule has 0 saturated carbocycles. The molecule has 2 aliphatic heterocycles. The molecule has 1 saturated heterocycles. The molecule has 0 aromatic heterocycles. The molecule has 0 N–H and O–H groups in total. The van der Waals surface area contributed by atoms with Crippen molar-refractivity contribution in [2.24, 2.45) is 4.99 Å². The zero-order chi connectivity index (χ0) is 18.8. The Morgan fingerprint density at radius 3 is 2.73 bits per heavy atom. The molecule has 0 radical (unpaired) electrons. The van der Waals surface area contributed by atoms with Crippen molar-refractivity contribution >= 4 is 28.8 Å². The number of rotatable bonds is 5. The molecule has 136 valence electrons. The highest BCUT2D eigenvalue weighted by Gasteiger charge is 2.47. The van der Waals surface area contributed by atoms with Crippen molar-refractivity contribution in [2.45, 2.75) is 31.6 Å². The number of carbonyl (C=O) groups excluding carboxylic acids is 2. The predicted octanol–water partition coefficient (Wildman–Crippen LogP) is 3.59. The number of nitrogens with zero attached hydrogens (tertiary/aromatic N) is 2. The highest BCUT2D eigenvalue weighted by molar-refractivity contribution is 8.15. The van der Waals surface area contributed by atoms with Crippen LogP contribution in [-0.2, 0) is 14.3 Å². The van der Waals surface area contributed by atoms with E-state index in [9.17, 15) is 14.0 Å². The number of amidine groups is 1. The van der Waals surface area contributed by atoms with Crippen LogP contribution in [0.25, 0.3) is 0 Å². The van der Waals surface area contributed by atoms with Crippen LogP contribution in [0.3, 0.4) is 0 Å². The molecule has 2 heterocycles. The standard InChI is InChI=1S/C19H19FN2O3S/c1-4-10-25-18(24)15-11(3)21-19-22(17(23)14(5-2)26-19)16(15)12-6-8-13(20)9-7-12/h4,6-9,14,16H,1,5,10H2,2-3H3/t14-,16+/m0/s1. The summed E-state index contributed by atoms with van der Waals surface area (Å²) in [5.74, 6) is -1.05. The van der Waals surface area contributed by atoms with Crippen LogP contribution in [0, 0.1) is 5.82 Å². The van der Waals surface area contributed by atoms with Crippen LogP contribution >= 0.6 is 11.8 Å². The van der Waals surface area contributed by atoms with Gasteiger partial charge in [-0.15, -0.1) is 0 Å². The van der Waals surface area contributed by atoms with E-state index in [0.717, 1.165) is 0 Å². The normalized spacial score (nSPS) is 22.2. The van der Waals surface area contributed by atoms with Crippen molar-refractivity contribution < 1.29 is 18.7 Å². The first-order chi connectivity index (χ1) is 12.5. The number of fused-ring (bicyclic) bond motifs is 1. The number of benzene rings is 1. The second-order valence-electron chi connectivity index (χ2n) is 5.96. The first kappa shape index (κ1) is 18.4. The average molecular weight is 374 g/mol. The van der Waals surface area contributed by atoms with Crippen molar-refractivity contribution in [1.82, 2.24) is 4.90 Å². The predicted molar refractivity (Wildman–Crippen MR) is 98.9 cm³/mol. The maximum atomic E-state index is 13.4. The monoisotopic (exact) mass is 374 g/mol. The Kier molecular flexibility index (Phi) is 5.27. The van der Waals surface area contributed by atoms with E-state index in [4.69, 9.17) is 4.74 Å². The minimum Gasteiger partial charge on any atom is -0.458 e. The zero-order valence-corrected chi connectivity index (χ0v) is 15.4. The number of aliphatic imine (C=N–C) groups is 1. The maximum absolute atomic E-state index is 13.4. The third-order valence-electron chi connectivity index (χ3n) is 4.26. The Balaban J connectivity index is 2.10. The van der Waals surface area contributed by atoms with Crippen molar-refractivity contribution in [1.29, 1.82) is 0 Å². The van der Waals surface area contributed by atoms with E-state index < -0.39 is 12.0 Å². The van der Waals surface area contributed by atoms with Crippen LogP contribution in [0.2, 0.25) is 0 Å². The number of amides is 1. The molecule has 5 nitrogen and oxygen atoms in total. The van der Waals surface area contributed by atoms with Gasteiger partial charge >= 0.3 is 5.97 Å². The molecule has 1 aromatic carbocycles. The van der Waals surface area contributed by atoms with Crippen LogP contribution in [0.15, 0.2) is 53.2 Å². The summed E-state index contributed by atoms with van der Waals surface area (Å²) >= 11 is 1.39. The average Bonchev–Trinajstić information content (AvgIpc) is 2.94. The Morgan fingerprint density at radius 2 is 2.12 bits per heavy atom. The lowest BCUT2D eigenvalue weighted by molar-refractivity contribution is -0.139. The summed E-state index contributed by atoms with van der Waals surface area (Å²) in [5.41, 5.74) is 1.42. The lowest BCUT2D eigenvalue weighted by Crippen LogP contribution is -2.40. The largest absolute Gasteiger partial charge is 0.458 e. The van der Waals surface area contributed by atoms with Gasteiger partial charge in [0.1, 0.15) is 12.4 Å². The highest BCUT2D eigenvalue weighted by atomic mass is 32.2. The van der Waals surface area contributed by atoms with Crippen molar-refractivity contribution in [3.05, 3.63) is 59.6 Å². The molecule has 2 atom stereocenters. The van der Waals surface area contributed by atoms with E-state index >= 15 is 0 Å². The Hall–Kier alpha value is -2.41. The molecule has 1 amide bonds. The minimum atomic E-state index is -0.683. The van der Waals surface area contributed by atoms with Gasteiger partial charge < -0.3 is 4.74 Å². The van der Waals surface area contributed by atoms with Crippen LogP contribution < -0.4 is 0 Å². The van der Waals surface area contributed by atoms with Gasteiger partial charge in [-0.05, 0) is 31.0 Å². The minimum absolute atomic E-state index is 0.0581. The molecule has 7 heteroatoms. The number of ether oxygens (including phenoxy) is 1. The van der Waals surface area contributed by atoms with Gasteiger partial charge in [0.2, 0.25) is 5.91 Å². The third-order valence-corrected chi connectivity index (χ3v) is 5.58. The number of carbonyl (C=O) groups is 2. The smallest absolute Gasteiger partial charge is 0.338 e. The Morgan fingerprint density at radius 1 is 1.42 bits per heavy atom. The summed E-state index contributed by atoms with van der Waals surface area (Å²) in [7, 11) is 0. The fourth-order valence-corrected chi connectivity index (χ4v) is 4.16. The van der Waals surface area contributed by atoms with E-state index in [1.54, 1.807) is 19.1 Å². The van der Waals surface area contributed by atoms with E-state index in [-0.39, 0.29) is 29.2 Å². The van der Waals surface area contributed by atoms with Gasteiger partial charge in [-0.25, -0.2) is 14.2 Å². The van der Waals surface area contributed by atoms with Crippen molar-refractivity contribution in [2.75, 3.05) is 6.61 Å². The van der Waals surface area contributed by atoms with Crippen LogP contribution in [0.5, 0.6) is 0 Å². The molecular weight excluding hydrogens is 355 g/mol. The fraction of sp³-hybridized carbons (Fsp3) is 0.316. The number of thioether (sulfide) groups is 1. The van der Waals surface area contributed by atoms with Gasteiger partial charge in [0.05, 0.1) is 22.6 Å². The summed E-state index contributed by atoms with van der Waals surface area (Å²) < 4.78 is 18.6. The molecular formula is C19H19FN2O3S. The second-order valence-corrected chi connectivity index (χ2v) is 7.13. The van der Waals surface area contributed by atoms with Gasteiger partial charge in [-0.2, -0.15) is 0 Å². The molecule has 1 aromatic rings. The summed E-state index contributed by atoms with van der Waals surface area (Å²) in [6.45, 7) is 7.25. The molecule has 0 aliphatic carbocycles. The van der Waals surface area contributed by atoms with E-state index in [1.807, 2.05) is 6.92 Å². The van der Waals surface area contributed by atoms with Gasteiger partial charge in [-0.3, -0.25) is 9.69 Å². The molecule has 1 fully saturated rings. The maximum Gasteiger partial charge on any atom is 0.338 e. The Labute approximate surface area is 155 Å². The van der Waals surface area contributed by atoms with E-state index in [0.29, 0.717) is 22.8 Å². The van der Waals surface area contributed by atoms with Crippen LogP contribution in [-0.4, -0.2) is 33.8 Å². The molecule has 3 rings (SSSR count). The lowest BCUT2D eigenvalue weighted by Gasteiger charge is -2.33. The van der Waals surface area contributed by atoms with E-state index in [1.165, 1.54) is 34.9 Å². The van der Waals surface area contributed by atoms with Crippen molar-refractivity contribution in [3.63, 3.8) is 0 Å². The quantitative estimate of drug-likeness (QED) is 0.584. The first-order valence-electron chi connectivity index (χ1n) is 8.30. The van der Waals surface area contributed by atoms with Gasteiger partial charge in [0.15, 0.2) is 5.17 Å². The summed E-state index contributed by atoms with van der Waals surface area (Å²) in [4.78, 5) is 31.5. The third kappa shape index (κ3) is 3.19. The molecule has 26 heavy (non-hydrogen) atoms. The fourth-order valence-electron chi connectivity index (χ4n) is 3.02. The van der Waals surface area contributed by atoms with Gasteiger partial charge in [-0.1, -0.05) is 43.5 Å². The van der Waals surface area contributed by atoms with Gasteiger partial charge in [0.25, 0.3) is 0 Å². The lowest BCUT2D eigenvalue weighted by atomic mass is 9.94. The number of halogens is 1.